The van der Waals surface area contributed by atoms with Crippen molar-refractivity contribution in [3.05, 3.63) is 35.4 Å². The molecule has 23 heavy (non-hydrogen) atoms. The van der Waals surface area contributed by atoms with E-state index in [1.54, 1.807) is 6.07 Å². The minimum absolute atomic E-state index is 0.334. The van der Waals surface area contributed by atoms with Crippen LogP contribution < -0.4 is 5.73 Å². The van der Waals surface area contributed by atoms with Gasteiger partial charge in [0.05, 0.1) is 19.3 Å². The van der Waals surface area contributed by atoms with Crippen LogP contribution in [-0.2, 0) is 16.0 Å². The molecule has 2 aliphatic rings. The fraction of sp³-hybridized carbons (Fsp3) is 0.611. The van der Waals surface area contributed by atoms with Crippen LogP contribution in [0.4, 0.5) is 0 Å². The predicted molar refractivity (Wildman–Crippen MR) is 88.1 cm³/mol. The van der Waals surface area contributed by atoms with E-state index in [-0.39, 0.29) is 5.91 Å². The van der Waals surface area contributed by atoms with E-state index in [2.05, 4.69) is 11.0 Å². The molecule has 1 amide bonds. The van der Waals surface area contributed by atoms with Crippen molar-refractivity contribution in [2.24, 2.45) is 11.7 Å². The largest absolute Gasteiger partial charge is 0.381 e. The zero-order valence-electron chi connectivity index (χ0n) is 13.7. The van der Waals surface area contributed by atoms with Gasteiger partial charge < -0.3 is 15.2 Å². The van der Waals surface area contributed by atoms with Crippen LogP contribution in [0.3, 0.4) is 0 Å². The third kappa shape index (κ3) is 3.74. The van der Waals surface area contributed by atoms with E-state index < -0.39 is 0 Å². The summed E-state index contributed by atoms with van der Waals surface area (Å²) in [6, 6.07) is 8.01. The monoisotopic (exact) mass is 318 g/mol. The van der Waals surface area contributed by atoms with Gasteiger partial charge in [-0.3, -0.25) is 9.69 Å². The van der Waals surface area contributed by atoms with E-state index in [9.17, 15) is 4.79 Å². The summed E-state index contributed by atoms with van der Waals surface area (Å²) in [5.74, 6) is 0.153. The summed E-state index contributed by atoms with van der Waals surface area (Å²) >= 11 is 0. The zero-order valence-corrected chi connectivity index (χ0v) is 13.7. The van der Waals surface area contributed by atoms with Crippen LogP contribution in [0.5, 0.6) is 0 Å². The number of hydrogen-bond acceptors (Lipinski definition) is 4. The van der Waals surface area contributed by atoms with Gasteiger partial charge in [-0.25, -0.2) is 0 Å². The number of hydrogen-bond donors (Lipinski definition) is 1. The molecule has 126 valence electrons. The van der Waals surface area contributed by atoms with Gasteiger partial charge in [0.2, 0.25) is 5.91 Å². The van der Waals surface area contributed by atoms with Crippen molar-refractivity contribution in [2.45, 2.75) is 38.0 Å². The molecule has 3 atom stereocenters. The highest BCUT2D eigenvalue weighted by molar-refractivity contribution is 5.92. The Bertz CT molecular complexity index is 549. The Hall–Kier alpha value is -1.43. The minimum Gasteiger partial charge on any atom is -0.381 e. The lowest BCUT2D eigenvalue weighted by molar-refractivity contribution is -0.0608. The van der Waals surface area contributed by atoms with Crippen LogP contribution in [-0.4, -0.2) is 49.8 Å². The van der Waals surface area contributed by atoms with E-state index in [4.69, 9.17) is 15.2 Å². The highest BCUT2D eigenvalue weighted by atomic mass is 16.5. The van der Waals surface area contributed by atoms with Crippen molar-refractivity contribution in [1.29, 1.82) is 0 Å². The van der Waals surface area contributed by atoms with Crippen molar-refractivity contribution in [2.75, 3.05) is 26.9 Å². The molecule has 2 N–H and O–H groups in total. The van der Waals surface area contributed by atoms with Gasteiger partial charge in [0.15, 0.2) is 0 Å². The van der Waals surface area contributed by atoms with Crippen molar-refractivity contribution in [3.63, 3.8) is 0 Å². The smallest absolute Gasteiger partial charge is 0.248 e. The standard InChI is InChI=1S/C18H26N2O3/c1-22-17-7-3-6-15(17)16-12-23-9-8-20(16)11-13-4-2-5-14(10-13)18(19)21/h2,4-5,10,15-17H,3,6-9,11-12H2,1H3,(H2,19,21)/t15-,16+,17-/m1/s1. The van der Waals surface area contributed by atoms with Crippen LogP contribution in [0.1, 0.15) is 35.2 Å². The van der Waals surface area contributed by atoms with Gasteiger partial charge in [-0.15, -0.1) is 0 Å². The highest BCUT2D eigenvalue weighted by Crippen LogP contribution is 2.34. The van der Waals surface area contributed by atoms with Gasteiger partial charge in [-0.2, -0.15) is 0 Å². The fourth-order valence-corrected chi connectivity index (χ4v) is 3.99. The first-order valence-corrected chi connectivity index (χ1v) is 8.42. The van der Waals surface area contributed by atoms with Crippen LogP contribution in [0, 0.1) is 5.92 Å². The predicted octanol–water partition coefficient (Wildman–Crippen LogP) is 1.80. The third-order valence-electron chi connectivity index (χ3n) is 5.18. The van der Waals surface area contributed by atoms with Crippen LogP contribution in [0.15, 0.2) is 24.3 Å². The molecular formula is C18H26N2O3. The number of primary amides is 1. The molecule has 0 spiro atoms. The average molecular weight is 318 g/mol. The lowest BCUT2D eigenvalue weighted by atomic mass is 9.93. The van der Waals surface area contributed by atoms with E-state index in [0.717, 1.165) is 38.3 Å². The van der Waals surface area contributed by atoms with Crippen molar-refractivity contribution in [1.82, 2.24) is 4.90 Å². The summed E-state index contributed by atoms with van der Waals surface area (Å²) in [4.78, 5) is 13.9. The highest BCUT2D eigenvalue weighted by Gasteiger charge is 2.38. The minimum atomic E-state index is -0.374. The fourth-order valence-electron chi connectivity index (χ4n) is 3.99. The number of morpholine rings is 1. The molecular weight excluding hydrogens is 292 g/mol. The van der Waals surface area contributed by atoms with Gasteiger partial charge in [-0.1, -0.05) is 18.6 Å². The number of carbonyl (C=O) groups excluding carboxylic acids is 1. The number of carbonyl (C=O) groups is 1. The molecule has 1 heterocycles. The number of nitrogens with zero attached hydrogens (tertiary/aromatic N) is 1. The molecule has 0 unspecified atom stereocenters. The number of amides is 1. The number of ether oxygens (including phenoxy) is 2. The number of rotatable bonds is 5. The zero-order chi connectivity index (χ0) is 16.2. The third-order valence-corrected chi connectivity index (χ3v) is 5.18. The van der Waals surface area contributed by atoms with Crippen molar-refractivity contribution >= 4 is 5.91 Å². The van der Waals surface area contributed by atoms with E-state index in [1.165, 1.54) is 12.8 Å². The number of methoxy groups -OCH3 is 1. The second-order valence-electron chi connectivity index (χ2n) is 6.55. The molecule has 5 heteroatoms. The molecule has 0 bridgehead atoms. The first-order chi connectivity index (χ1) is 11.2. The Morgan fingerprint density at radius 3 is 3.09 bits per heavy atom. The quantitative estimate of drug-likeness (QED) is 0.899. The average Bonchev–Trinajstić information content (AvgIpc) is 3.04. The summed E-state index contributed by atoms with van der Waals surface area (Å²) in [5.41, 5.74) is 7.09. The molecule has 1 aliphatic heterocycles. The second kappa shape index (κ2) is 7.43. The molecule has 2 fully saturated rings. The summed E-state index contributed by atoms with van der Waals surface area (Å²) in [5, 5.41) is 0. The molecule has 1 saturated heterocycles. The van der Waals surface area contributed by atoms with Crippen LogP contribution in [0.2, 0.25) is 0 Å². The van der Waals surface area contributed by atoms with Gasteiger partial charge in [0, 0.05) is 37.7 Å². The lowest BCUT2D eigenvalue weighted by Gasteiger charge is -2.40. The van der Waals surface area contributed by atoms with Gasteiger partial charge in [0.25, 0.3) is 0 Å². The maximum Gasteiger partial charge on any atom is 0.248 e. The molecule has 5 nitrogen and oxygen atoms in total. The number of nitrogens with two attached hydrogens (primary N) is 1. The van der Waals surface area contributed by atoms with E-state index in [0.29, 0.717) is 23.6 Å². The molecule has 0 radical (unpaired) electrons. The molecule has 1 aromatic carbocycles. The van der Waals surface area contributed by atoms with Crippen molar-refractivity contribution < 1.29 is 14.3 Å². The Morgan fingerprint density at radius 1 is 1.43 bits per heavy atom. The molecule has 0 aromatic heterocycles. The molecule has 1 aliphatic carbocycles. The lowest BCUT2D eigenvalue weighted by Crippen LogP contribution is -2.50. The first-order valence-electron chi connectivity index (χ1n) is 8.42. The summed E-state index contributed by atoms with van der Waals surface area (Å²) < 4.78 is 11.4. The Morgan fingerprint density at radius 2 is 2.30 bits per heavy atom. The van der Waals surface area contributed by atoms with Gasteiger partial charge in [-0.05, 0) is 30.5 Å². The SMILES string of the molecule is CO[C@@H]1CCC[C@@H]1[C@@H]1COCCN1Cc1cccc(C(N)=O)c1. The molecule has 1 saturated carbocycles. The maximum atomic E-state index is 11.4. The number of benzene rings is 1. The van der Waals surface area contributed by atoms with Gasteiger partial charge >= 0.3 is 0 Å². The summed E-state index contributed by atoms with van der Waals surface area (Å²) in [6.45, 7) is 3.26. The summed E-state index contributed by atoms with van der Waals surface area (Å²) in [6.07, 6.45) is 3.90. The summed E-state index contributed by atoms with van der Waals surface area (Å²) in [7, 11) is 1.81. The Labute approximate surface area is 137 Å². The van der Waals surface area contributed by atoms with Crippen LogP contribution >= 0.6 is 0 Å². The topological polar surface area (TPSA) is 64.8 Å². The second-order valence-corrected chi connectivity index (χ2v) is 6.55. The van der Waals surface area contributed by atoms with Crippen molar-refractivity contribution in [3.8, 4) is 0 Å². The van der Waals surface area contributed by atoms with Crippen LogP contribution in [0.25, 0.3) is 0 Å². The maximum absolute atomic E-state index is 11.4. The first kappa shape index (κ1) is 16.4. The molecule has 1 aromatic rings. The molecule has 3 rings (SSSR count). The van der Waals surface area contributed by atoms with E-state index in [1.807, 2.05) is 19.2 Å². The Kier molecular flexibility index (Phi) is 5.30. The van der Waals surface area contributed by atoms with Gasteiger partial charge in [0.1, 0.15) is 0 Å². The van der Waals surface area contributed by atoms with E-state index >= 15 is 0 Å². The normalized spacial score (nSPS) is 28.8. The Balaban J connectivity index is 1.74.